The number of esters is 1. The third kappa shape index (κ3) is 5.58. The molecule has 2 rings (SSSR count). The van der Waals surface area contributed by atoms with Gasteiger partial charge in [0, 0.05) is 19.2 Å². The molecule has 0 spiro atoms. The molecule has 1 amide bonds. The van der Waals surface area contributed by atoms with E-state index < -0.39 is 5.97 Å². The molecule has 5 nitrogen and oxygen atoms in total. The first kappa shape index (κ1) is 20.5. The summed E-state index contributed by atoms with van der Waals surface area (Å²) in [6.07, 6.45) is 0. The van der Waals surface area contributed by atoms with E-state index in [2.05, 4.69) is 20.8 Å². The maximum absolute atomic E-state index is 12.3. The van der Waals surface area contributed by atoms with E-state index in [1.54, 1.807) is 26.3 Å². The van der Waals surface area contributed by atoms with Gasteiger partial charge in [-0.3, -0.25) is 4.79 Å². The van der Waals surface area contributed by atoms with Crippen LogP contribution in [0.2, 0.25) is 0 Å². The van der Waals surface area contributed by atoms with Gasteiger partial charge in [0.2, 0.25) is 0 Å². The molecule has 5 heteroatoms. The van der Waals surface area contributed by atoms with Crippen molar-refractivity contribution in [2.75, 3.05) is 20.8 Å². The Balaban J connectivity index is 1.91. The van der Waals surface area contributed by atoms with Gasteiger partial charge in [-0.25, -0.2) is 4.79 Å². The Hall–Kier alpha value is -2.82. The average molecular weight is 369 g/mol. The minimum Gasteiger partial charge on any atom is -0.496 e. The zero-order valence-corrected chi connectivity index (χ0v) is 16.6. The number of hydrogen-bond donors (Lipinski definition) is 0. The molecule has 0 saturated carbocycles. The molecule has 0 heterocycles. The van der Waals surface area contributed by atoms with Crippen LogP contribution < -0.4 is 4.74 Å². The summed E-state index contributed by atoms with van der Waals surface area (Å²) >= 11 is 0. The summed E-state index contributed by atoms with van der Waals surface area (Å²) in [5, 5.41) is 0. The number of benzene rings is 2. The summed E-state index contributed by atoms with van der Waals surface area (Å²) in [5.74, 6) is -0.0665. The standard InChI is InChI=1S/C22H27NO4/c1-22(2,3)18-12-10-16(11-13-18)21(25)27-15-20(24)23(4)14-17-8-6-7-9-19(17)26-5/h6-13H,14-15H2,1-5H3. The van der Waals surface area contributed by atoms with Gasteiger partial charge in [-0.1, -0.05) is 51.1 Å². The Morgan fingerprint density at radius 3 is 2.22 bits per heavy atom. The molecule has 0 radical (unpaired) electrons. The van der Waals surface area contributed by atoms with Gasteiger partial charge in [0.25, 0.3) is 5.91 Å². The summed E-state index contributed by atoms with van der Waals surface area (Å²) in [4.78, 5) is 26.0. The van der Waals surface area contributed by atoms with Crippen LogP contribution >= 0.6 is 0 Å². The van der Waals surface area contributed by atoms with Crippen LogP contribution in [0.4, 0.5) is 0 Å². The van der Waals surface area contributed by atoms with E-state index in [9.17, 15) is 9.59 Å². The third-order valence-electron chi connectivity index (χ3n) is 4.34. The number of carbonyl (C=O) groups is 2. The number of amides is 1. The zero-order chi connectivity index (χ0) is 20.0. The van der Waals surface area contributed by atoms with E-state index in [1.165, 1.54) is 4.90 Å². The molecule has 0 saturated heterocycles. The number of methoxy groups -OCH3 is 1. The number of likely N-dealkylation sites (N-methyl/N-ethyl adjacent to an activating group) is 1. The molecule has 0 aliphatic heterocycles. The smallest absolute Gasteiger partial charge is 0.338 e. The van der Waals surface area contributed by atoms with Crippen molar-refractivity contribution < 1.29 is 19.1 Å². The zero-order valence-electron chi connectivity index (χ0n) is 16.6. The van der Waals surface area contributed by atoms with Crippen LogP contribution in [-0.4, -0.2) is 37.5 Å². The second kappa shape index (κ2) is 8.71. The van der Waals surface area contributed by atoms with Gasteiger partial charge in [0.15, 0.2) is 6.61 Å². The second-order valence-corrected chi connectivity index (χ2v) is 7.47. The predicted molar refractivity (Wildman–Crippen MR) is 105 cm³/mol. The van der Waals surface area contributed by atoms with E-state index >= 15 is 0 Å². The maximum Gasteiger partial charge on any atom is 0.338 e. The summed E-state index contributed by atoms with van der Waals surface area (Å²) < 4.78 is 10.5. The first-order valence-electron chi connectivity index (χ1n) is 8.86. The quantitative estimate of drug-likeness (QED) is 0.727. The lowest BCUT2D eigenvalue weighted by Crippen LogP contribution is -2.31. The van der Waals surface area contributed by atoms with Gasteiger partial charge in [-0.15, -0.1) is 0 Å². The summed E-state index contributed by atoms with van der Waals surface area (Å²) in [6.45, 7) is 6.40. The Labute approximate surface area is 160 Å². The van der Waals surface area contributed by atoms with Gasteiger partial charge in [-0.05, 0) is 29.2 Å². The number of para-hydroxylation sites is 1. The van der Waals surface area contributed by atoms with Gasteiger partial charge < -0.3 is 14.4 Å². The Morgan fingerprint density at radius 1 is 1.00 bits per heavy atom. The molecule has 0 atom stereocenters. The summed E-state index contributed by atoms with van der Waals surface area (Å²) in [5.41, 5.74) is 2.47. The fourth-order valence-corrected chi connectivity index (χ4v) is 2.60. The van der Waals surface area contributed by atoms with Crippen LogP contribution in [0.25, 0.3) is 0 Å². The van der Waals surface area contributed by atoms with Gasteiger partial charge >= 0.3 is 5.97 Å². The minimum atomic E-state index is -0.505. The van der Waals surface area contributed by atoms with Crippen LogP contribution in [0.3, 0.4) is 0 Å². The molecule has 144 valence electrons. The highest BCUT2D eigenvalue weighted by atomic mass is 16.5. The van der Waals surface area contributed by atoms with Crippen LogP contribution in [0.1, 0.15) is 42.3 Å². The molecule has 27 heavy (non-hydrogen) atoms. The van der Waals surface area contributed by atoms with Crippen LogP contribution in [0.5, 0.6) is 5.75 Å². The van der Waals surface area contributed by atoms with Gasteiger partial charge in [-0.2, -0.15) is 0 Å². The van der Waals surface area contributed by atoms with Gasteiger partial charge in [0.1, 0.15) is 5.75 Å². The molecule has 0 aliphatic carbocycles. The fraction of sp³-hybridized carbons (Fsp3) is 0.364. The molecule has 0 aliphatic rings. The Kier molecular flexibility index (Phi) is 6.61. The molecule has 0 N–H and O–H groups in total. The lowest BCUT2D eigenvalue weighted by Gasteiger charge is -2.19. The molecule has 0 bridgehead atoms. The predicted octanol–water partition coefficient (Wildman–Crippen LogP) is 3.81. The Morgan fingerprint density at radius 2 is 1.63 bits per heavy atom. The molecule has 0 aromatic heterocycles. The fourth-order valence-electron chi connectivity index (χ4n) is 2.60. The van der Waals surface area contributed by atoms with Crippen molar-refractivity contribution in [3.63, 3.8) is 0 Å². The normalized spacial score (nSPS) is 11.0. The number of rotatable bonds is 6. The van der Waals surface area contributed by atoms with E-state index in [4.69, 9.17) is 9.47 Å². The number of nitrogens with zero attached hydrogens (tertiary/aromatic N) is 1. The van der Waals surface area contributed by atoms with Gasteiger partial charge in [0.05, 0.1) is 12.7 Å². The van der Waals surface area contributed by atoms with E-state index in [0.717, 1.165) is 11.1 Å². The monoisotopic (exact) mass is 369 g/mol. The van der Waals surface area contributed by atoms with E-state index in [-0.39, 0.29) is 17.9 Å². The highest BCUT2D eigenvalue weighted by Gasteiger charge is 2.17. The number of hydrogen-bond acceptors (Lipinski definition) is 4. The summed E-state index contributed by atoms with van der Waals surface area (Å²) in [6, 6.07) is 14.8. The molecule has 0 fully saturated rings. The first-order chi connectivity index (χ1) is 12.7. The van der Waals surface area contributed by atoms with E-state index in [1.807, 2.05) is 36.4 Å². The maximum atomic E-state index is 12.3. The van der Waals surface area contributed by atoms with E-state index in [0.29, 0.717) is 17.9 Å². The molecule has 0 unspecified atom stereocenters. The third-order valence-corrected chi connectivity index (χ3v) is 4.34. The van der Waals surface area contributed by atoms with Crippen molar-refractivity contribution in [1.82, 2.24) is 4.90 Å². The van der Waals surface area contributed by atoms with Crippen LogP contribution in [0, 0.1) is 0 Å². The van der Waals surface area contributed by atoms with Crippen molar-refractivity contribution in [2.45, 2.75) is 32.7 Å². The highest BCUT2D eigenvalue weighted by molar-refractivity contribution is 5.91. The van der Waals surface area contributed by atoms with Crippen molar-refractivity contribution in [3.05, 3.63) is 65.2 Å². The largest absolute Gasteiger partial charge is 0.496 e. The number of carbonyl (C=O) groups excluding carboxylic acids is 2. The number of ether oxygens (including phenoxy) is 2. The lowest BCUT2D eigenvalue weighted by molar-refractivity contribution is -0.133. The lowest BCUT2D eigenvalue weighted by atomic mass is 9.87. The van der Waals surface area contributed by atoms with Crippen LogP contribution in [0.15, 0.2) is 48.5 Å². The topological polar surface area (TPSA) is 55.8 Å². The van der Waals surface area contributed by atoms with Crippen molar-refractivity contribution in [1.29, 1.82) is 0 Å². The average Bonchev–Trinajstić information content (AvgIpc) is 2.65. The highest BCUT2D eigenvalue weighted by Crippen LogP contribution is 2.22. The Bertz CT molecular complexity index is 791. The summed E-state index contributed by atoms with van der Waals surface area (Å²) in [7, 11) is 3.26. The molecular formula is C22H27NO4. The molecule has 2 aromatic carbocycles. The van der Waals surface area contributed by atoms with Crippen molar-refractivity contribution >= 4 is 11.9 Å². The first-order valence-corrected chi connectivity index (χ1v) is 8.86. The second-order valence-electron chi connectivity index (χ2n) is 7.47. The molecule has 2 aromatic rings. The van der Waals surface area contributed by atoms with Crippen molar-refractivity contribution in [3.8, 4) is 5.75 Å². The van der Waals surface area contributed by atoms with Crippen molar-refractivity contribution in [2.24, 2.45) is 0 Å². The SMILES string of the molecule is COc1ccccc1CN(C)C(=O)COC(=O)c1ccc(C(C)(C)C)cc1. The molecular weight excluding hydrogens is 342 g/mol. The minimum absolute atomic E-state index is 0.0135. The van der Waals surface area contributed by atoms with Crippen LogP contribution in [-0.2, 0) is 21.5 Å².